The van der Waals surface area contributed by atoms with Gasteiger partial charge in [0.2, 0.25) is 15.9 Å². The molecule has 1 aromatic heterocycles. The molecule has 0 saturated carbocycles. The summed E-state index contributed by atoms with van der Waals surface area (Å²) in [6.07, 6.45) is 2.13. The molecule has 0 spiro atoms. The van der Waals surface area contributed by atoms with Gasteiger partial charge in [-0.1, -0.05) is 0 Å². The van der Waals surface area contributed by atoms with Crippen LogP contribution in [0.25, 0.3) is 0 Å². The fourth-order valence-electron chi connectivity index (χ4n) is 2.19. The minimum absolute atomic E-state index is 0.00851. The Morgan fingerprint density at radius 2 is 2.26 bits per heavy atom. The van der Waals surface area contributed by atoms with Gasteiger partial charge in [0.25, 0.3) is 0 Å². The van der Waals surface area contributed by atoms with E-state index in [4.69, 9.17) is 10.5 Å². The fourth-order valence-corrected chi connectivity index (χ4v) is 3.65. The van der Waals surface area contributed by atoms with Crippen LogP contribution in [0.2, 0.25) is 0 Å². The Balaban J connectivity index is 2.18. The second-order valence-electron chi connectivity index (χ2n) is 4.81. The normalized spacial score (nSPS) is 22.4. The van der Waals surface area contributed by atoms with Gasteiger partial charge in [0.15, 0.2) is 0 Å². The van der Waals surface area contributed by atoms with E-state index >= 15 is 0 Å². The van der Waals surface area contributed by atoms with Gasteiger partial charge in [-0.3, -0.25) is 0 Å². The van der Waals surface area contributed by atoms with Crippen LogP contribution in [0, 0.1) is 5.92 Å². The molecule has 0 radical (unpaired) electrons. The summed E-state index contributed by atoms with van der Waals surface area (Å²) in [6.45, 7) is 2.91. The molecule has 1 aliphatic rings. The summed E-state index contributed by atoms with van der Waals surface area (Å²) >= 11 is 0. The molecule has 1 fully saturated rings. The van der Waals surface area contributed by atoms with Crippen LogP contribution in [-0.4, -0.2) is 43.9 Å². The maximum Gasteiger partial charge on any atom is 0.244 e. The van der Waals surface area contributed by atoms with Gasteiger partial charge in [-0.05, 0) is 25.3 Å². The van der Waals surface area contributed by atoms with E-state index in [1.165, 1.54) is 23.7 Å². The largest absolute Gasteiger partial charge is 0.481 e. The first-order valence-corrected chi connectivity index (χ1v) is 7.65. The lowest BCUT2D eigenvalue weighted by atomic mass is 10.0. The number of rotatable bonds is 4. The summed E-state index contributed by atoms with van der Waals surface area (Å²) in [5.41, 5.74) is 5.83. The molecule has 19 heavy (non-hydrogen) atoms. The fraction of sp³-hybridized carbons (Fsp3) is 0.583. The van der Waals surface area contributed by atoms with Crippen molar-refractivity contribution in [2.45, 2.75) is 24.3 Å². The van der Waals surface area contributed by atoms with Gasteiger partial charge in [-0.2, -0.15) is 4.31 Å². The molecule has 0 amide bonds. The van der Waals surface area contributed by atoms with Gasteiger partial charge in [0.1, 0.15) is 4.90 Å². The van der Waals surface area contributed by atoms with Gasteiger partial charge in [0.05, 0.1) is 13.3 Å². The molecule has 0 bridgehead atoms. The zero-order valence-corrected chi connectivity index (χ0v) is 11.9. The first kappa shape index (κ1) is 14.2. The van der Waals surface area contributed by atoms with Gasteiger partial charge in [-0.25, -0.2) is 13.4 Å². The monoisotopic (exact) mass is 285 g/mol. The lowest BCUT2D eigenvalue weighted by molar-refractivity contribution is 0.396. The van der Waals surface area contributed by atoms with Gasteiger partial charge >= 0.3 is 0 Å². The highest BCUT2D eigenvalue weighted by Gasteiger charge is 2.34. The average Bonchev–Trinajstić information content (AvgIpc) is 2.89. The second kappa shape index (κ2) is 5.44. The number of ether oxygens (including phenoxy) is 1. The molecule has 106 valence electrons. The molecule has 2 unspecified atom stereocenters. The summed E-state index contributed by atoms with van der Waals surface area (Å²) < 4.78 is 31.2. The topological polar surface area (TPSA) is 85.5 Å². The van der Waals surface area contributed by atoms with E-state index in [-0.39, 0.29) is 16.9 Å². The average molecular weight is 285 g/mol. The van der Waals surface area contributed by atoms with Crippen LogP contribution in [0.1, 0.15) is 13.3 Å². The van der Waals surface area contributed by atoms with Crippen molar-refractivity contribution in [3.8, 4) is 5.88 Å². The van der Waals surface area contributed by atoms with Crippen molar-refractivity contribution in [2.24, 2.45) is 11.7 Å². The summed E-state index contributed by atoms with van der Waals surface area (Å²) in [5, 5.41) is 0. The number of sulfonamides is 1. The summed E-state index contributed by atoms with van der Waals surface area (Å²) in [6, 6.07) is 3.07. The van der Waals surface area contributed by atoms with Crippen LogP contribution in [0.4, 0.5) is 0 Å². The first-order valence-electron chi connectivity index (χ1n) is 6.21. The lowest BCUT2D eigenvalue weighted by Gasteiger charge is -2.18. The highest BCUT2D eigenvalue weighted by molar-refractivity contribution is 7.89. The van der Waals surface area contributed by atoms with Crippen molar-refractivity contribution in [3.05, 3.63) is 18.3 Å². The quantitative estimate of drug-likeness (QED) is 0.868. The van der Waals surface area contributed by atoms with Crippen LogP contribution in [0.3, 0.4) is 0 Å². The first-order chi connectivity index (χ1) is 8.95. The Bertz CT molecular complexity index is 528. The Morgan fingerprint density at radius 3 is 2.74 bits per heavy atom. The van der Waals surface area contributed by atoms with Crippen LogP contribution in [-0.2, 0) is 10.0 Å². The molecule has 6 nitrogen and oxygen atoms in total. The SMILES string of the molecule is COc1ccc(S(=O)(=O)N2CCC(C(C)N)C2)cn1. The predicted molar refractivity (Wildman–Crippen MR) is 71.3 cm³/mol. The zero-order valence-electron chi connectivity index (χ0n) is 11.1. The molecular formula is C12H19N3O3S. The Kier molecular flexibility index (Phi) is 4.07. The van der Waals surface area contributed by atoms with Crippen LogP contribution in [0.5, 0.6) is 5.88 Å². The molecular weight excluding hydrogens is 266 g/mol. The van der Waals surface area contributed by atoms with Gasteiger partial charge < -0.3 is 10.5 Å². The molecule has 0 aromatic carbocycles. The van der Waals surface area contributed by atoms with E-state index in [1.807, 2.05) is 6.92 Å². The van der Waals surface area contributed by atoms with Crippen molar-refractivity contribution in [2.75, 3.05) is 20.2 Å². The Labute approximate surface area is 113 Å². The smallest absolute Gasteiger partial charge is 0.244 e. The maximum atomic E-state index is 12.4. The Morgan fingerprint density at radius 1 is 1.53 bits per heavy atom. The third-order valence-corrected chi connectivity index (χ3v) is 5.34. The molecule has 7 heteroatoms. The zero-order chi connectivity index (χ0) is 14.0. The number of methoxy groups -OCH3 is 1. The third-order valence-electron chi connectivity index (χ3n) is 3.49. The number of hydrogen-bond acceptors (Lipinski definition) is 5. The lowest BCUT2D eigenvalue weighted by Crippen LogP contribution is -2.33. The van der Waals surface area contributed by atoms with Crippen LogP contribution >= 0.6 is 0 Å². The number of pyridine rings is 1. The minimum atomic E-state index is -3.47. The maximum absolute atomic E-state index is 12.4. The van der Waals surface area contributed by atoms with Crippen LogP contribution < -0.4 is 10.5 Å². The molecule has 2 N–H and O–H groups in total. The van der Waals surface area contributed by atoms with Crippen LogP contribution in [0.15, 0.2) is 23.2 Å². The number of hydrogen-bond donors (Lipinski definition) is 1. The van der Waals surface area contributed by atoms with E-state index in [2.05, 4.69) is 4.98 Å². The molecule has 2 heterocycles. The number of aromatic nitrogens is 1. The molecule has 1 aromatic rings. The molecule has 2 rings (SSSR count). The van der Waals surface area contributed by atoms with Crippen molar-refractivity contribution in [3.63, 3.8) is 0 Å². The van der Waals surface area contributed by atoms with Gasteiger partial charge in [-0.15, -0.1) is 0 Å². The highest BCUT2D eigenvalue weighted by Crippen LogP contribution is 2.25. The summed E-state index contributed by atoms with van der Waals surface area (Å²) in [5.74, 6) is 0.620. The Hall–Kier alpha value is -1.18. The summed E-state index contributed by atoms with van der Waals surface area (Å²) in [4.78, 5) is 4.13. The van der Waals surface area contributed by atoms with E-state index < -0.39 is 10.0 Å². The minimum Gasteiger partial charge on any atom is -0.481 e. The van der Waals surface area contributed by atoms with Crippen molar-refractivity contribution < 1.29 is 13.2 Å². The second-order valence-corrected chi connectivity index (χ2v) is 6.75. The molecule has 2 atom stereocenters. The van der Waals surface area contributed by atoms with Crippen molar-refractivity contribution in [1.82, 2.24) is 9.29 Å². The molecule has 1 aliphatic heterocycles. The van der Waals surface area contributed by atoms with Gasteiger partial charge in [0, 0.05) is 25.2 Å². The standard InChI is InChI=1S/C12H19N3O3S/c1-9(13)10-5-6-15(8-10)19(16,17)11-3-4-12(18-2)14-7-11/h3-4,7,9-10H,5-6,8,13H2,1-2H3. The predicted octanol–water partition coefficient (Wildman–Crippen LogP) is 0.448. The number of nitrogens with two attached hydrogens (primary N) is 1. The molecule has 0 aliphatic carbocycles. The highest BCUT2D eigenvalue weighted by atomic mass is 32.2. The number of nitrogens with zero attached hydrogens (tertiary/aromatic N) is 2. The molecule has 1 saturated heterocycles. The van der Waals surface area contributed by atoms with Crippen molar-refractivity contribution >= 4 is 10.0 Å². The van der Waals surface area contributed by atoms with E-state index in [1.54, 1.807) is 6.07 Å². The summed E-state index contributed by atoms with van der Waals surface area (Å²) in [7, 11) is -1.98. The van der Waals surface area contributed by atoms with E-state index in [0.717, 1.165) is 6.42 Å². The van der Waals surface area contributed by atoms with E-state index in [0.29, 0.717) is 19.0 Å². The third kappa shape index (κ3) is 2.88. The van der Waals surface area contributed by atoms with E-state index in [9.17, 15) is 8.42 Å². The van der Waals surface area contributed by atoms with Crippen molar-refractivity contribution in [1.29, 1.82) is 0 Å².